The molecular formula is C12H9FO5S3. The van der Waals surface area contributed by atoms with Crippen molar-refractivity contribution in [2.45, 2.75) is 9.79 Å². The van der Waals surface area contributed by atoms with E-state index in [1.54, 1.807) is 6.07 Å². The van der Waals surface area contributed by atoms with Crippen molar-refractivity contribution < 1.29 is 24.9 Å². The Hall–Kier alpha value is -1.42. The van der Waals surface area contributed by atoms with Crippen molar-refractivity contribution in [2.24, 2.45) is 0 Å². The van der Waals surface area contributed by atoms with Crippen LogP contribution in [0.15, 0.2) is 64.4 Å². The van der Waals surface area contributed by atoms with Crippen LogP contribution in [0.4, 0.5) is 4.39 Å². The maximum absolute atomic E-state index is 12.7. The molecule has 0 bridgehead atoms. The van der Waals surface area contributed by atoms with Crippen LogP contribution >= 0.6 is 10.8 Å². The molecule has 0 unspecified atom stereocenters. The second-order valence-electron chi connectivity index (χ2n) is 3.78. The van der Waals surface area contributed by atoms with Crippen molar-refractivity contribution in [3.05, 3.63) is 60.4 Å². The first kappa shape index (κ1) is 16.0. The van der Waals surface area contributed by atoms with Crippen LogP contribution < -0.4 is 0 Å². The van der Waals surface area contributed by atoms with E-state index in [-0.39, 0.29) is 20.6 Å². The standard InChI is InChI=1S/C12H9FO5S3/c13-10-6-8-11(9-7-10)19-21(16,17)18-20(14,15)12-4-2-1-3-5-12/h1-9H. The number of rotatable bonds is 5. The van der Waals surface area contributed by atoms with Gasteiger partial charge in [0.25, 0.3) is 0 Å². The zero-order valence-corrected chi connectivity index (χ0v) is 12.8. The van der Waals surface area contributed by atoms with Gasteiger partial charge in [-0.3, -0.25) is 0 Å². The van der Waals surface area contributed by atoms with Crippen LogP contribution in [0.25, 0.3) is 0 Å². The molecule has 0 N–H and O–H groups in total. The van der Waals surface area contributed by atoms with E-state index in [0.717, 1.165) is 12.1 Å². The van der Waals surface area contributed by atoms with Gasteiger partial charge in [-0.2, -0.15) is 16.8 Å². The zero-order valence-electron chi connectivity index (χ0n) is 10.3. The molecule has 0 aliphatic heterocycles. The minimum absolute atomic E-state index is 0.139. The van der Waals surface area contributed by atoms with E-state index in [1.165, 1.54) is 36.4 Å². The van der Waals surface area contributed by atoms with Gasteiger partial charge in [0.2, 0.25) is 0 Å². The van der Waals surface area contributed by atoms with E-state index in [9.17, 15) is 21.2 Å². The van der Waals surface area contributed by atoms with Crippen LogP contribution in [0.3, 0.4) is 0 Å². The van der Waals surface area contributed by atoms with Crippen molar-refractivity contribution in [3.63, 3.8) is 0 Å². The Labute approximate surface area is 125 Å². The highest BCUT2D eigenvalue weighted by Gasteiger charge is 2.26. The summed E-state index contributed by atoms with van der Waals surface area (Å²) in [6, 6.07) is 11.4. The number of benzene rings is 2. The molecule has 0 amide bonds. The average molecular weight is 348 g/mol. The molecule has 0 fully saturated rings. The lowest BCUT2D eigenvalue weighted by molar-refractivity contribution is 0.474. The molecule has 5 nitrogen and oxygen atoms in total. The fourth-order valence-electron chi connectivity index (χ4n) is 1.36. The largest absolute Gasteiger partial charge is 0.341 e. The maximum Gasteiger partial charge on any atom is 0.341 e. The molecule has 0 radical (unpaired) electrons. The second-order valence-corrected chi connectivity index (χ2v) is 8.88. The SMILES string of the molecule is O=S(=O)(OS(=O)(=O)c1ccccc1)Sc1ccc(F)cc1. The van der Waals surface area contributed by atoms with E-state index in [4.69, 9.17) is 0 Å². The van der Waals surface area contributed by atoms with E-state index in [1.807, 2.05) is 0 Å². The van der Waals surface area contributed by atoms with Crippen molar-refractivity contribution >= 4 is 30.1 Å². The van der Waals surface area contributed by atoms with Gasteiger partial charge in [0, 0.05) is 15.7 Å². The van der Waals surface area contributed by atoms with Gasteiger partial charge in [0.1, 0.15) is 5.82 Å². The summed E-state index contributed by atoms with van der Waals surface area (Å²) in [6.45, 7) is 0. The number of hydrogen-bond donors (Lipinski definition) is 0. The lowest BCUT2D eigenvalue weighted by atomic mass is 10.4. The quantitative estimate of drug-likeness (QED) is 0.773. The molecule has 21 heavy (non-hydrogen) atoms. The molecule has 0 saturated heterocycles. The number of hydrogen-bond acceptors (Lipinski definition) is 6. The maximum atomic E-state index is 12.7. The Kier molecular flexibility index (Phi) is 4.67. The predicted molar refractivity (Wildman–Crippen MR) is 75.9 cm³/mol. The Bertz CT molecular complexity index is 815. The predicted octanol–water partition coefficient (Wildman–Crippen LogP) is 2.57. The fourth-order valence-corrected chi connectivity index (χ4v) is 5.58. The summed E-state index contributed by atoms with van der Waals surface area (Å²) in [6.07, 6.45) is 0. The molecule has 0 heterocycles. The highest BCUT2D eigenvalue weighted by molar-refractivity contribution is 8.71. The fraction of sp³-hybridized carbons (Fsp3) is 0. The van der Waals surface area contributed by atoms with Gasteiger partial charge in [-0.05, 0) is 36.4 Å². The zero-order chi connectivity index (χ0) is 15.5. The molecule has 2 rings (SSSR count). The van der Waals surface area contributed by atoms with E-state index in [0.29, 0.717) is 0 Å². The summed E-state index contributed by atoms with van der Waals surface area (Å²) in [5.41, 5.74) is 0. The average Bonchev–Trinajstić information content (AvgIpc) is 2.41. The smallest absolute Gasteiger partial charge is 0.207 e. The van der Waals surface area contributed by atoms with Crippen LogP contribution in [0.1, 0.15) is 0 Å². The van der Waals surface area contributed by atoms with E-state index >= 15 is 0 Å². The second kappa shape index (κ2) is 6.14. The molecule has 2 aromatic rings. The van der Waals surface area contributed by atoms with Gasteiger partial charge in [-0.25, -0.2) is 4.39 Å². The van der Waals surface area contributed by atoms with Gasteiger partial charge in [0.15, 0.2) is 0 Å². The normalized spacial score (nSPS) is 12.2. The lowest BCUT2D eigenvalue weighted by Crippen LogP contribution is -2.11. The summed E-state index contributed by atoms with van der Waals surface area (Å²) < 4.78 is 64.1. The summed E-state index contributed by atoms with van der Waals surface area (Å²) >= 11 is 0. The Morgan fingerprint density at radius 1 is 0.857 bits per heavy atom. The molecule has 0 spiro atoms. The topological polar surface area (TPSA) is 77.5 Å². The van der Waals surface area contributed by atoms with Gasteiger partial charge in [0.05, 0.1) is 4.90 Å². The first-order valence-corrected chi connectivity index (χ1v) is 9.65. The van der Waals surface area contributed by atoms with Crippen LogP contribution in [0.2, 0.25) is 0 Å². The Balaban J connectivity index is 2.20. The summed E-state index contributed by atoms with van der Waals surface area (Å²) in [7, 11) is -8.70. The number of halogens is 1. The van der Waals surface area contributed by atoms with Crippen molar-refractivity contribution in [1.82, 2.24) is 0 Å². The van der Waals surface area contributed by atoms with Crippen LogP contribution in [0, 0.1) is 5.82 Å². The van der Waals surface area contributed by atoms with Crippen LogP contribution in [-0.2, 0) is 22.9 Å². The third-order valence-corrected chi connectivity index (χ3v) is 6.81. The summed E-state index contributed by atoms with van der Waals surface area (Å²) in [5, 5.41) is 0. The third-order valence-electron chi connectivity index (χ3n) is 2.22. The summed E-state index contributed by atoms with van der Waals surface area (Å²) in [4.78, 5) is -0.132. The summed E-state index contributed by atoms with van der Waals surface area (Å²) in [5.74, 6) is -0.533. The molecular weight excluding hydrogens is 339 g/mol. The highest BCUT2D eigenvalue weighted by Crippen LogP contribution is 2.28. The minimum Gasteiger partial charge on any atom is -0.207 e. The molecule has 9 heteroatoms. The Morgan fingerprint density at radius 2 is 1.43 bits per heavy atom. The van der Waals surface area contributed by atoms with Gasteiger partial charge in [-0.15, -0.1) is 3.63 Å². The lowest BCUT2D eigenvalue weighted by Gasteiger charge is -2.05. The van der Waals surface area contributed by atoms with E-state index < -0.39 is 25.1 Å². The van der Waals surface area contributed by atoms with Crippen molar-refractivity contribution in [3.8, 4) is 0 Å². The van der Waals surface area contributed by atoms with Crippen molar-refractivity contribution in [2.75, 3.05) is 0 Å². The molecule has 112 valence electrons. The molecule has 0 aliphatic carbocycles. The molecule has 0 aliphatic rings. The van der Waals surface area contributed by atoms with Gasteiger partial charge < -0.3 is 0 Å². The van der Waals surface area contributed by atoms with Gasteiger partial charge >= 0.3 is 19.3 Å². The van der Waals surface area contributed by atoms with E-state index in [2.05, 4.69) is 3.63 Å². The molecule has 0 atom stereocenters. The Morgan fingerprint density at radius 3 is 2.00 bits per heavy atom. The molecule has 0 saturated carbocycles. The van der Waals surface area contributed by atoms with Crippen LogP contribution in [0.5, 0.6) is 0 Å². The molecule has 2 aromatic carbocycles. The van der Waals surface area contributed by atoms with Crippen molar-refractivity contribution in [1.29, 1.82) is 0 Å². The van der Waals surface area contributed by atoms with Gasteiger partial charge in [-0.1, -0.05) is 18.2 Å². The minimum atomic E-state index is -4.45. The van der Waals surface area contributed by atoms with Crippen LogP contribution in [-0.4, -0.2) is 16.8 Å². The molecule has 0 aromatic heterocycles. The highest BCUT2D eigenvalue weighted by atomic mass is 33.2. The first-order valence-electron chi connectivity index (χ1n) is 5.50. The first-order chi connectivity index (χ1) is 9.78. The monoisotopic (exact) mass is 348 g/mol. The third kappa shape index (κ3) is 4.53.